The fourth-order valence-corrected chi connectivity index (χ4v) is 2.28. The first-order valence-electron chi connectivity index (χ1n) is 5.65. The molecule has 1 N–H and O–H groups in total. The number of hydrogen-bond donors (Lipinski definition) is 1. The zero-order valence-electron chi connectivity index (χ0n) is 9.93. The van der Waals surface area contributed by atoms with Crippen LogP contribution in [0.4, 0.5) is 5.95 Å². The van der Waals surface area contributed by atoms with E-state index < -0.39 is 0 Å². The number of nitrogens with zero attached hydrogens (tertiary/aromatic N) is 2. The van der Waals surface area contributed by atoms with Crippen LogP contribution in [0.15, 0.2) is 29.2 Å². The Morgan fingerprint density at radius 3 is 3.24 bits per heavy atom. The van der Waals surface area contributed by atoms with Gasteiger partial charge in [-0.15, -0.1) is 0 Å². The van der Waals surface area contributed by atoms with E-state index in [1.807, 2.05) is 12.4 Å². The Bertz CT molecular complexity index is 425. The molecule has 0 amide bonds. The highest BCUT2D eigenvalue weighted by atomic mass is 32.1. The Morgan fingerprint density at radius 2 is 2.47 bits per heavy atom. The third kappa shape index (κ3) is 3.57. The molecule has 92 valence electrons. The van der Waals surface area contributed by atoms with Gasteiger partial charge >= 0.3 is 0 Å². The summed E-state index contributed by atoms with van der Waals surface area (Å²) in [6.07, 6.45) is 4.81. The lowest BCUT2D eigenvalue weighted by molar-refractivity contribution is 0.190. The summed E-state index contributed by atoms with van der Waals surface area (Å²) in [5.41, 5.74) is 1.29. The minimum Gasteiger partial charge on any atom is -0.385 e. The second-order valence-corrected chi connectivity index (χ2v) is 4.56. The summed E-state index contributed by atoms with van der Waals surface area (Å²) in [7, 11) is 1.73. The number of ether oxygens (including phenoxy) is 1. The van der Waals surface area contributed by atoms with Gasteiger partial charge in [0.15, 0.2) is 0 Å². The zero-order chi connectivity index (χ0) is 11.9. The van der Waals surface area contributed by atoms with Gasteiger partial charge in [0.25, 0.3) is 0 Å². The summed E-state index contributed by atoms with van der Waals surface area (Å²) < 4.78 is 7.16. The quantitative estimate of drug-likeness (QED) is 0.769. The summed E-state index contributed by atoms with van der Waals surface area (Å²) in [4.78, 5) is 4.31. The van der Waals surface area contributed by atoms with Crippen molar-refractivity contribution in [1.29, 1.82) is 0 Å². The molecule has 0 unspecified atom stereocenters. The molecular weight excluding hydrogens is 234 g/mol. The molecule has 0 saturated carbocycles. The van der Waals surface area contributed by atoms with E-state index in [9.17, 15) is 0 Å². The van der Waals surface area contributed by atoms with Gasteiger partial charge in [0.1, 0.15) is 0 Å². The van der Waals surface area contributed by atoms with Gasteiger partial charge in [-0.3, -0.25) is 0 Å². The smallest absolute Gasteiger partial charge is 0.203 e. The third-order valence-electron chi connectivity index (χ3n) is 2.49. The molecule has 0 aromatic carbocycles. The average Bonchev–Trinajstić information content (AvgIpc) is 2.97. The van der Waals surface area contributed by atoms with E-state index in [4.69, 9.17) is 4.74 Å². The van der Waals surface area contributed by atoms with Crippen molar-refractivity contribution in [2.24, 2.45) is 0 Å². The van der Waals surface area contributed by atoms with Gasteiger partial charge in [-0.25, -0.2) is 4.98 Å². The topological polar surface area (TPSA) is 39.1 Å². The van der Waals surface area contributed by atoms with Crippen LogP contribution in [0.5, 0.6) is 0 Å². The van der Waals surface area contributed by atoms with Crippen LogP contribution in [0.1, 0.15) is 12.0 Å². The van der Waals surface area contributed by atoms with Crippen LogP contribution in [0.3, 0.4) is 0 Å². The number of methoxy groups -OCH3 is 1. The first-order chi connectivity index (χ1) is 8.40. The molecule has 0 aliphatic carbocycles. The monoisotopic (exact) mass is 251 g/mol. The van der Waals surface area contributed by atoms with Crippen molar-refractivity contribution in [3.05, 3.63) is 34.8 Å². The molecule has 2 heterocycles. The molecule has 5 heteroatoms. The molecule has 0 saturated heterocycles. The second kappa shape index (κ2) is 6.42. The molecule has 4 nitrogen and oxygen atoms in total. The number of imidazole rings is 1. The normalized spacial score (nSPS) is 10.6. The van der Waals surface area contributed by atoms with E-state index in [2.05, 4.69) is 31.7 Å². The Kier molecular flexibility index (Phi) is 4.58. The molecule has 0 aliphatic rings. The highest BCUT2D eigenvalue weighted by molar-refractivity contribution is 7.07. The van der Waals surface area contributed by atoms with E-state index in [-0.39, 0.29) is 0 Å². The third-order valence-corrected chi connectivity index (χ3v) is 3.23. The Balaban J connectivity index is 1.85. The molecule has 0 spiro atoms. The largest absolute Gasteiger partial charge is 0.385 e. The minimum atomic E-state index is 0.780. The molecule has 0 radical (unpaired) electrons. The van der Waals surface area contributed by atoms with Crippen molar-refractivity contribution in [3.63, 3.8) is 0 Å². The molecule has 0 aliphatic heterocycles. The predicted molar refractivity (Wildman–Crippen MR) is 70.4 cm³/mol. The number of thiophene rings is 1. The van der Waals surface area contributed by atoms with Crippen LogP contribution in [0.2, 0.25) is 0 Å². The standard InChI is InChI=1S/C12H17N3OS/c1-16-7-2-5-15-6-4-13-12(15)14-9-11-3-8-17-10-11/h3-4,6,8,10H,2,5,7,9H2,1H3,(H,13,14). The van der Waals surface area contributed by atoms with Crippen LogP contribution in [-0.2, 0) is 17.8 Å². The molecule has 0 bridgehead atoms. The maximum atomic E-state index is 5.05. The van der Waals surface area contributed by atoms with Crippen LogP contribution in [-0.4, -0.2) is 23.3 Å². The average molecular weight is 251 g/mol. The minimum absolute atomic E-state index is 0.780. The van der Waals surface area contributed by atoms with Crippen molar-refractivity contribution in [2.75, 3.05) is 19.0 Å². The predicted octanol–water partition coefficient (Wildman–Crippen LogP) is 2.59. The lowest BCUT2D eigenvalue weighted by Crippen LogP contribution is -2.08. The summed E-state index contributed by atoms with van der Waals surface area (Å²) in [5, 5.41) is 7.57. The highest BCUT2D eigenvalue weighted by Crippen LogP contribution is 2.10. The van der Waals surface area contributed by atoms with Crippen LogP contribution >= 0.6 is 11.3 Å². The van der Waals surface area contributed by atoms with E-state index in [0.717, 1.165) is 32.1 Å². The Labute approximate surface area is 105 Å². The van der Waals surface area contributed by atoms with E-state index in [0.29, 0.717) is 0 Å². The van der Waals surface area contributed by atoms with Gasteiger partial charge in [-0.2, -0.15) is 11.3 Å². The zero-order valence-corrected chi connectivity index (χ0v) is 10.7. The molecule has 2 aromatic heterocycles. The fraction of sp³-hybridized carbons (Fsp3) is 0.417. The van der Waals surface area contributed by atoms with E-state index in [1.54, 1.807) is 18.4 Å². The number of rotatable bonds is 7. The number of aromatic nitrogens is 2. The number of aryl methyl sites for hydroxylation is 1. The number of anilines is 1. The lowest BCUT2D eigenvalue weighted by atomic mass is 10.3. The Hall–Kier alpha value is -1.33. The van der Waals surface area contributed by atoms with Gasteiger partial charge in [0, 0.05) is 39.2 Å². The molecule has 17 heavy (non-hydrogen) atoms. The molecule has 0 atom stereocenters. The maximum absolute atomic E-state index is 5.05. The van der Waals surface area contributed by atoms with Crippen LogP contribution in [0, 0.1) is 0 Å². The summed E-state index contributed by atoms with van der Waals surface area (Å²) >= 11 is 1.71. The summed E-state index contributed by atoms with van der Waals surface area (Å²) in [6.45, 7) is 2.53. The fourth-order valence-electron chi connectivity index (χ4n) is 1.61. The molecule has 2 rings (SSSR count). The SMILES string of the molecule is COCCCn1ccnc1NCc1ccsc1. The molecular formula is C12H17N3OS. The number of hydrogen-bond acceptors (Lipinski definition) is 4. The van der Waals surface area contributed by atoms with Crippen molar-refractivity contribution < 1.29 is 4.74 Å². The van der Waals surface area contributed by atoms with Crippen molar-refractivity contribution >= 4 is 17.3 Å². The summed E-state index contributed by atoms with van der Waals surface area (Å²) in [5.74, 6) is 0.923. The van der Waals surface area contributed by atoms with Gasteiger partial charge in [-0.05, 0) is 28.8 Å². The first kappa shape index (κ1) is 12.1. The lowest BCUT2D eigenvalue weighted by Gasteiger charge is -2.08. The maximum Gasteiger partial charge on any atom is 0.203 e. The first-order valence-corrected chi connectivity index (χ1v) is 6.59. The van der Waals surface area contributed by atoms with Gasteiger partial charge in [0.2, 0.25) is 5.95 Å². The van der Waals surface area contributed by atoms with Crippen LogP contribution < -0.4 is 5.32 Å². The van der Waals surface area contributed by atoms with Gasteiger partial charge in [-0.1, -0.05) is 0 Å². The highest BCUT2D eigenvalue weighted by Gasteiger charge is 2.02. The van der Waals surface area contributed by atoms with E-state index >= 15 is 0 Å². The number of nitrogens with one attached hydrogen (secondary N) is 1. The van der Waals surface area contributed by atoms with E-state index in [1.165, 1.54) is 5.56 Å². The van der Waals surface area contributed by atoms with Crippen LogP contribution in [0.25, 0.3) is 0 Å². The Morgan fingerprint density at radius 1 is 1.53 bits per heavy atom. The van der Waals surface area contributed by atoms with Crippen molar-refractivity contribution in [3.8, 4) is 0 Å². The molecule has 2 aromatic rings. The summed E-state index contributed by atoms with van der Waals surface area (Å²) in [6, 6.07) is 2.12. The second-order valence-electron chi connectivity index (χ2n) is 3.78. The van der Waals surface area contributed by atoms with Gasteiger partial charge in [0.05, 0.1) is 0 Å². The van der Waals surface area contributed by atoms with Crippen molar-refractivity contribution in [2.45, 2.75) is 19.5 Å². The van der Waals surface area contributed by atoms with Crippen molar-refractivity contribution in [1.82, 2.24) is 9.55 Å². The molecule has 0 fully saturated rings. The van der Waals surface area contributed by atoms with Gasteiger partial charge < -0.3 is 14.6 Å².